The summed E-state index contributed by atoms with van der Waals surface area (Å²) >= 11 is 13.0. The third-order valence-corrected chi connectivity index (χ3v) is 10.9. The number of nitrogens with zero attached hydrogens (tertiary/aromatic N) is 1. The van der Waals surface area contributed by atoms with Crippen LogP contribution in [0, 0.1) is 5.41 Å². The minimum Gasteiger partial charge on any atom is -0.495 e. The lowest BCUT2D eigenvalue weighted by atomic mass is 9.86. The van der Waals surface area contributed by atoms with Crippen LogP contribution < -0.4 is 9.64 Å². The molecule has 4 rings (SSSR count). The van der Waals surface area contributed by atoms with Crippen molar-refractivity contribution in [3.8, 4) is 5.75 Å². The minimum atomic E-state index is -3.40. The van der Waals surface area contributed by atoms with E-state index >= 15 is 0 Å². The standard InChI is InChI=1S/C28H33Cl2NO5S/c1-27(2,3)26(33)31(21-6-5-7-21)25-23(30)16-19(17-24(25)35-4)28(12-14-36-15-13-28)37(34,18-32)22-10-8-20(29)9-11-22/h8-11,16-17,21H,5-7,12-15H2,1-4H3. The van der Waals surface area contributed by atoms with Crippen molar-refractivity contribution in [1.29, 1.82) is 0 Å². The number of anilines is 1. The molecule has 200 valence electrons. The molecule has 0 bridgehead atoms. The summed E-state index contributed by atoms with van der Waals surface area (Å²) in [6.45, 7) is 6.30. The molecule has 1 saturated carbocycles. The van der Waals surface area contributed by atoms with Crippen molar-refractivity contribution in [3.05, 3.63) is 52.0 Å². The van der Waals surface area contributed by atoms with E-state index in [4.69, 9.17) is 32.7 Å². The van der Waals surface area contributed by atoms with Crippen LogP contribution >= 0.6 is 23.2 Å². The second kappa shape index (κ2) is 10.6. The molecule has 6 nitrogen and oxygen atoms in total. The minimum absolute atomic E-state index is 0.0302. The second-order valence-electron chi connectivity index (χ2n) is 10.7. The molecule has 1 saturated heterocycles. The van der Waals surface area contributed by atoms with Gasteiger partial charge in [-0.1, -0.05) is 44.0 Å². The van der Waals surface area contributed by atoms with Crippen LogP contribution in [0.2, 0.25) is 10.0 Å². The normalized spacial score (nSPS) is 19.3. The van der Waals surface area contributed by atoms with Crippen molar-refractivity contribution in [2.75, 3.05) is 25.2 Å². The van der Waals surface area contributed by atoms with Crippen molar-refractivity contribution in [2.45, 2.75) is 68.6 Å². The van der Waals surface area contributed by atoms with Crippen LogP contribution in [-0.2, 0) is 28.6 Å². The lowest BCUT2D eigenvalue weighted by molar-refractivity contribution is -0.126. The summed E-state index contributed by atoms with van der Waals surface area (Å²) in [5.74, 6) is 0.360. The zero-order chi connectivity index (χ0) is 27.0. The molecule has 1 aliphatic heterocycles. The van der Waals surface area contributed by atoms with Crippen LogP contribution in [-0.4, -0.2) is 41.7 Å². The molecule has 0 N–H and O–H groups in total. The van der Waals surface area contributed by atoms with E-state index < -0.39 is 19.7 Å². The Hall–Kier alpha value is -2.02. The van der Waals surface area contributed by atoms with Gasteiger partial charge in [-0.3, -0.25) is 9.00 Å². The van der Waals surface area contributed by atoms with Crippen LogP contribution in [0.3, 0.4) is 0 Å². The molecule has 1 atom stereocenters. The third-order valence-electron chi connectivity index (χ3n) is 7.43. The largest absolute Gasteiger partial charge is 0.495 e. The Morgan fingerprint density at radius 3 is 2.24 bits per heavy atom. The Balaban J connectivity index is 1.93. The van der Waals surface area contributed by atoms with Crippen LogP contribution in [0.25, 0.3) is 0 Å². The number of rotatable bonds is 6. The van der Waals surface area contributed by atoms with Crippen molar-refractivity contribution < 1.29 is 23.3 Å². The maximum Gasteiger partial charge on any atom is 0.232 e. The van der Waals surface area contributed by atoms with Crippen LogP contribution in [0.1, 0.15) is 58.4 Å². The van der Waals surface area contributed by atoms with Gasteiger partial charge >= 0.3 is 0 Å². The highest BCUT2D eigenvalue weighted by Gasteiger charge is 2.47. The number of carbonyl (C=O) groups excluding carboxylic acids is 2. The SMILES string of the molecule is COc1cc(C2(S(=O)(=C=O)c3ccc(Cl)cc3)CCOCC2)cc(Cl)c1N(C(=O)C(C)(C)C)C1CCC1. The van der Waals surface area contributed by atoms with Crippen molar-refractivity contribution in [2.24, 2.45) is 5.41 Å². The highest BCUT2D eigenvalue weighted by atomic mass is 35.5. The fraction of sp³-hybridized carbons (Fsp3) is 0.500. The van der Waals surface area contributed by atoms with Gasteiger partial charge in [-0.05, 0) is 74.1 Å². The molecular formula is C28H33Cl2NO5S. The van der Waals surface area contributed by atoms with E-state index in [0.717, 1.165) is 19.3 Å². The van der Waals surface area contributed by atoms with E-state index in [1.165, 1.54) is 7.11 Å². The Bertz CT molecular complexity index is 1310. The van der Waals surface area contributed by atoms with Gasteiger partial charge in [0.25, 0.3) is 0 Å². The predicted octanol–water partition coefficient (Wildman–Crippen LogP) is 6.35. The van der Waals surface area contributed by atoms with E-state index in [0.29, 0.717) is 58.0 Å². The van der Waals surface area contributed by atoms with Crippen molar-refractivity contribution in [3.63, 3.8) is 0 Å². The first-order valence-corrected chi connectivity index (χ1v) is 14.8. The molecule has 2 aromatic rings. The summed E-state index contributed by atoms with van der Waals surface area (Å²) in [7, 11) is -1.88. The van der Waals surface area contributed by atoms with E-state index in [-0.39, 0.29) is 11.9 Å². The lowest BCUT2D eigenvalue weighted by Gasteiger charge is -2.42. The average Bonchev–Trinajstić information content (AvgIpc) is 2.85. The Morgan fingerprint density at radius 1 is 1.14 bits per heavy atom. The molecule has 0 radical (unpaired) electrons. The van der Waals surface area contributed by atoms with E-state index in [2.05, 4.69) is 0 Å². The fourth-order valence-corrected chi connectivity index (χ4v) is 7.95. The van der Waals surface area contributed by atoms with E-state index in [1.54, 1.807) is 41.3 Å². The Morgan fingerprint density at radius 2 is 1.76 bits per heavy atom. The van der Waals surface area contributed by atoms with Crippen LogP contribution in [0.4, 0.5) is 5.69 Å². The second-order valence-corrected chi connectivity index (χ2v) is 14.1. The highest BCUT2D eigenvalue weighted by Crippen LogP contribution is 2.50. The third kappa shape index (κ3) is 4.93. The van der Waals surface area contributed by atoms with Crippen LogP contribution in [0.5, 0.6) is 5.75 Å². The summed E-state index contributed by atoms with van der Waals surface area (Å²) in [6, 6.07) is 10.0. The summed E-state index contributed by atoms with van der Waals surface area (Å²) in [6.07, 6.45) is 3.47. The predicted molar refractivity (Wildman–Crippen MR) is 148 cm³/mol. The van der Waals surface area contributed by atoms with Gasteiger partial charge in [0.15, 0.2) is 5.23 Å². The van der Waals surface area contributed by atoms with E-state index in [1.807, 2.05) is 26.0 Å². The van der Waals surface area contributed by atoms with Gasteiger partial charge in [-0.25, -0.2) is 4.79 Å². The molecule has 9 heteroatoms. The number of hydrogen-bond acceptors (Lipinski definition) is 5. The summed E-state index contributed by atoms with van der Waals surface area (Å²) < 4.78 is 24.9. The van der Waals surface area contributed by atoms with Gasteiger partial charge in [0, 0.05) is 34.6 Å². The molecular weight excluding hydrogens is 533 g/mol. The van der Waals surface area contributed by atoms with Gasteiger partial charge in [0.2, 0.25) is 5.91 Å². The molecule has 1 aliphatic carbocycles. The zero-order valence-electron chi connectivity index (χ0n) is 21.6. The highest BCUT2D eigenvalue weighted by molar-refractivity contribution is 8.01. The molecule has 2 aliphatic rings. The topological polar surface area (TPSA) is 72.9 Å². The number of benzene rings is 2. The first-order chi connectivity index (χ1) is 17.5. The number of hydrogen-bond donors (Lipinski definition) is 0. The number of halogens is 2. The maximum absolute atomic E-state index is 14.6. The molecule has 2 fully saturated rings. The molecule has 2 aromatic carbocycles. The summed E-state index contributed by atoms with van der Waals surface area (Å²) in [4.78, 5) is 28.2. The number of carbonyl (C=O) groups is 1. The Labute approximate surface area is 229 Å². The van der Waals surface area contributed by atoms with Gasteiger partial charge in [0.1, 0.15) is 11.4 Å². The molecule has 0 aromatic heterocycles. The first-order valence-electron chi connectivity index (χ1n) is 12.5. The smallest absolute Gasteiger partial charge is 0.232 e. The summed E-state index contributed by atoms with van der Waals surface area (Å²) in [5.41, 5.74) is 0.481. The van der Waals surface area contributed by atoms with Gasteiger partial charge in [-0.15, -0.1) is 0 Å². The number of amides is 1. The van der Waals surface area contributed by atoms with Gasteiger partial charge < -0.3 is 14.4 Å². The lowest BCUT2D eigenvalue weighted by Crippen LogP contribution is -2.49. The van der Waals surface area contributed by atoms with Crippen molar-refractivity contribution >= 4 is 49.6 Å². The fourth-order valence-electron chi connectivity index (χ4n) is 5.11. The number of ether oxygens (including phenoxy) is 2. The Kier molecular flexibility index (Phi) is 8.04. The average molecular weight is 567 g/mol. The molecule has 1 unspecified atom stereocenters. The molecule has 37 heavy (non-hydrogen) atoms. The number of methoxy groups -OCH3 is 1. The van der Waals surface area contributed by atoms with Crippen LogP contribution in [0.15, 0.2) is 41.3 Å². The quantitative estimate of drug-likeness (QED) is 0.381. The van der Waals surface area contributed by atoms with Crippen molar-refractivity contribution in [1.82, 2.24) is 0 Å². The maximum atomic E-state index is 14.6. The first kappa shape index (κ1) is 28.0. The zero-order valence-corrected chi connectivity index (χ0v) is 24.0. The summed E-state index contributed by atoms with van der Waals surface area (Å²) in [5, 5.41) is 2.71. The monoisotopic (exact) mass is 565 g/mol. The molecule has 0 spiro atoms. The van der Waals surface area contributed by atoms with Gasteiger partial charge in [-0.2, -0.15) is 0 Å². The molecule has 1 heterocycles. The van der Waals surface area contributed by atoms with E-state index in [9.17, 15) is 13.8 Å². The van der Waals surface area contributed by atoms with Gasteiger partial charge in [0.05, 0.1) is 26.4 Å². The molecule has 1 amide bonds.